The molecule has 1 saturated carbocycles. The zero-order valence-corrected chi connectivity index (χ0v) is 38.0. The first-order chi connectivity index (χ1) is 33.7. The van der Waals surface area contributed by atoms with Crippen LogP contribution in [0.3, 0.4) is 0 Å². The topological polar surface area (TPSA) is 6.48 Å². The molecule has 2 nitrogen and oxygen atoms in total. The molecule has 14 rings (SSSR count). The Bertz CT molecular complexity index is 3490. The molecule has 10 aromatic carbocycles. The van der Waals surface area contributed by atoms with Gasteiger partial charge in [0.25, 0.3) is 0 Å². The summed E-state index contributed by atoms with van der Waals surface area (Å²) in [7, 11) is 0. The molecule has 4 aliphatic carbocycles. The third kappa shape index (κ3) is 5.46. The molecule has 10 aromatic rings. The maximum Gasteiger partial charge on any atom is 0.0714 e. The summed E-state index contributed by atoms with van der Waals surface area (Å²) in [4.78, 5) is 5.21. The predicted molar refractivity (Wildman–Crippen MR) is 281 cm³/mol. The first-order valence-corrected chi connectivity index (χ1v) is 24.5. The van der Waals surface area contributed by atoms with E-state index in [4.69, 9.17) is 0 Å². The first-order valence-electron chi connectivity index (χ1n) is 24.5. The monoisotopic (exact) mass is 870 g/mol. The summed E-state index contributed by atoms with van der Waals surface area (Å²) in [5, 5.41) is 2.51. The molecule has 1 spiro atoms. The highest BCUT2D eigenvalue weighted by molar-refractivity contribution is 6.00. The van der Waals surface area contributed by atoms with Gasteiger partial charge >= 0.3 is 0 Å². The fourth-order valence-electron chi connectivity index (χ4n) is 14.0. The van der Waals surface area contributed by atoms with Gasteiger partial charge in [0.2, 0.25) is 0 Å². The summed E-state index contributed by atoms with van der Waals surface area (Å²) < 4.78 is 0. The van der Waals surface area contributed by atoms with E-state index in [1.807, 2.05) is 0 Å². The standard InChI is InChI=1S/C66H50N2/c1-5-24-48(25-6-1)65(49-26-7-2-8-27-49)58-34-16-15-33-56(58)57-41-40-54(44-59(57)65)67(52-28-9-3-10-29-52)61-36-18-22-46-42-50-38-39-51-43-47-23-19-37-62(64(47)66(50,51)63(46)61)68(53-30-11-4-12-31-53)60-35-17-21-45-20-13-14-32-55(45)60/h1-37,40-41,44,50-51H,38-39,42-43H2. The van der Waals surface area contributed by atoms with Crippen LogP contribution >= 0.6 is 0 Å². The largest absolute Gasteiger partial charge is 0.310 e. The van der Waals surface area contributed by atoms with E-state index in [0.29, 0.717) is 11.8 Å². The van der Waals surface area contributed by atoms with Crippen LogP contribution in [0.25, 0.3) is 21.9 Å². The van der Waals surface area contributed by atoms with Gasteiger partial charge in [-0.25, -0.2) is 0 Å². The summed E-state index contributed by atoms with van der Waals surface area (Å²) >= 11 is 0. The van der Waals surface area contributed by atoms with Crippen LogP contribution in [0.4, 0.5) is 34.1 Å². The predicted octanol–water partition coefficient (Wildman–Crippen LogP) is 16.6. The number of hydrogen-bond donors (Lipinski definition) is 0. The molecular formula is C66H50N2. The molecule has 0 aliphatic heterocycles. The fourth-order valence-corrected chi connectivity index (χ4v) is 14.0. The molecule has 4 aliphatic rings. The average Bonchev–Trinajstić information content (AvgIpc) is 4.12. The van der Waals surface area contributed by atoms with Gasteiger partial charge in [0.05, 0.1) is 22.5 Å². The molecule has 0 N–H and O–H groups in total. The van der Waals surface area contributed by atoms with Gasteiger partial charge in [-0.2, -0.15) is 0 Å². The molecule has 0 amide bonds. The number of para-hydroxylation sites is 2. The van der Waals surface area contributed by atoms with Crippen LogP contribution in [-0.4, -0.2) is 0 Å². The van der Waals surface area contributed by atoms with Crippen LogP contribution in [0.1, 0.15) is 57.3 Å². The van der Waals surface area contributed by atoms with Crippen molar-refractivity contribution in [2.75, 3.05) is 9.80 Å². The first kappa shape index (κ1) is 39.2. The summed E-state index contributed by atoms with van der Waals surface area (Å²) in [5.74, 6) is 0.985. The average molecular weight is 871 g/mol. The zero-order valence-electron chi connectivity index (χ0n) is 38.0. The van der Waals surface area contributed by atoms with Crippen molar-refractivity contribution in [3.63, 3.8) is 0 Å². The van der Waals surface area contributed by atoms with Crippen molar-refractivity contribution in [2.45, 2.75) is 36.5 Å². The number of anilines is 6. The lowest BCUT2D eigenvalue weighted by molar-refractivity contribution is 0.350. The van der Waals surface area contributed by atoms with Gasteiger partial charge in [-0.1, -0.05) is 188 Å². The smallest absolute Gasteiger partial charge is 0.0714 e. The Labute approximate surface area is 399 Å². The Kier molecular flexibility index (Phi) is 8.83. The minimum absolute atomic E-state index is 0.173. The molecule has 0 bridgehead atoms. The van der Waals surface area contributed by atoms with E-state index in [0.717, 1.165) is 12.8 Å². The highest BCUT2D eigenvalue weighted by Crippen LogP contribution is 2.69. The molecule has 3 atom stereocenters. The van der Waals surface area contributed by atoms with Crippen LogP contribution in [0.2, 0.25) is 0 Å². The van der Waals surface area contributed by atoms with Crippen molar-refractivity contribution in [2.24, 2.45) is 11.8 Å². The van der Waals surface area contributed by atoms with Gasteiger partial charge in [0.15, 0.2) is 0 Å². The van der Waals surface area contributed by atoms with Crippen LogP contribution in [0.15, 0.2) is 243 Å². The van der Waals surface area contributed by atoms with Crippen molar-refractivity contribution in [3.8, 4) is 11.1 Å². The van der Waals surface area contributed by atoms with E-state index in [-0.39, 0.29) is 5.41 Å². The number of fused-ring (bicyclic) bond motifs is 6. The highest BCUT2D eigenvalue weighted by atomic mass is 15.2. The van der Waals surface area contributed by atoms with Crippen LogP contribution in [0.5, 0.6) is 0 Å². The molecule has 0 heterocycles. The van der Waals surface area contributed by atoms with E-state index in [9.17, 15) is 0 Å². The minimum atomic E-state index is -0.506. The number of rotatable bonds is 8. The molecule has 0 saturated heterocycles. The van der Waals surface area contributed by atoms with Crippen molar-refractivity contribution in [3.05, 3.63) is 287 Å². The van der Waals surface area contributed by atoms with Gasteiger partial charge < -0.3 is 9.80 Å². The van der Waals surface area contributed by atoms with Crippen molar-refractivity contribution < 1.29 is 0 Å². The maximum absolute atomic E-state index is 2.62. The molecule has 3 unspecified atom stereocenters. The zero-order chi connectivity index (χ0) is 44.8. The van der Waals surface area contributed by atoms with Crippen molar-refractivity contribution >= 4 is 44.9 Å². The summed E-state index contributed by atoms with van der Waals surface area (Å²) in [5.41, 5.74) is 20.5. The fraction of sp³-hybridized carbons (Fsp3) is 0.121. The Hall–Kier alpha value is -7.94. The van der Waals surface area contributed by atoms with E-state index < -0.39 is 5.41 Å². The van der Waals surface area contributed by atoms with Gasteiger partial charge in [-0.05, 0) is 153 Å². The second-order valence-corrected chi connectivity index (χ2v) is 19.5. The van der Waals surface area contributed by atoms with Gasteiger partial charge in [0, 0.05) is 27.9 Å². The van der Waals surface area contributed by atoms with E-state index in [2.05, 4.69) is 252 Å². The normalized spacial score (nSPS) is 18.8. The number of benzene rings is 10. The van der Waals surface area contributed by atoms with Gasteiger partial charge in [-0.15, -0.1) is 0 Å². The lowest BCUT2D eigenvalue weighted by atomic mass is 9.67. The Balaban J connectivity index is 1.03. The lowest BCUT2D eigenvalue weighted by Crippen LogP contribution is -2.34. The summed E-state index contributed by atoms with van der Waals surface area (Å²) in [6, 6.07) is 91.3. The maximum atomic E-state index is 2.62. The molecular weight excluding hydrogens is 821 g/mol. The number of hydrogen-bond acceptors (Lipinski definition) is 2. The molecule has 2 heteroatoms. The van der Waals surface area contributed by atoms with Crippen LogP contribution < -0.4 is 9.80 Å². The molecule has 0 aromatic heterocycles. The Morgan fingerprint density at radius 1 is 0.353 bits per heavy atom. The summed E-state index contributed by atoms with van der Waals surface area (Å²) in [6.45, 7) is 0. The summed E-state index contributed by atoms with van der Waals surface area (Å²) in [6.07, 6.45) is 4.63. The van der Waals surface area contributed by atoms with Gasteiger partial charge in [0.1, 0.15) is 0 Å². The second kappa shape index (κ2) is 15.3. The second-order valence-electron chi connectivity index (χ2n) is 19.5. The molecule has 0 radical (unpaired) electrons. The van der Waals surface area contributed by atoms with Crippen LogP contribution in [-0.2, 0) is 23.7 Å². The third-order valence-electron chi connectivity index (χ3n) is 16.4. The van der Waals surface area contributed by atoms with E-state index in [1.165, 1.54) is 113 Å². The van der Waals surface area contributed by atoms with E-state index in [1.54, 1.807) is 0 Å². The highest BCUT2D eigenvalue weighted by Gasteiger charge is 2.62. The molecule has 324 valence electrons. The molecule has 1 fully saturated rings. The third-order valence-corrected chi connectivity index (χ3v) is 16.4. The number of nitrogens with zero attached hydrogens (tertiary/aromatic N) is 2. The SMILES string of the molecule is c1ccc(N(c2ccc3c(c2)C(c2ccccc2)(c2ccccc2)c2ccccc2-3)c2cccc3c2C24c5c(cccc5N(c5ccccc5)c5cccc6ccccc56)CC2CCC4C3)cc1. The lowest BCUT2D eigenvalue weighted by Gasteiger charge is -2.40. The molecule has 68 heavy (non-hydrogen) atoms. The van der Waals surface area contributed by atoms with Gasteiger partial charge in [-0.3, -0.25) is 0 Å². The van der Waals surface area contributed by atoms with Crippen molar-refractivity contribution in [1.29, 1.82) is 0 Å². The Morgan fingerprint density at radius 3 is 1.49 bits per heavy atom. The van der Waals surface area contributed by atoms with Crippen molar-refractivity contribution in [1.82, 2.24) is 0 Å². The minimum Gasteiger partial charge on any atom is -0.310 e. The van der Waals surface area contributed by atoms with Crippen LogP contribution in [0, 0.1) is 11.8 Å². The quantitative estimate of drug-likeness (QED) is 0.150. The van der Waals surface area contributed by atoms with E-state index >= 15 is 0 Å². The Morgan fingerprint density at radius 2 is 0.838 bits per heavy atom.